The van der Waals surface area contributed by atoms with Crippen molar-refractivity contribution in [3.05, 3.63) is 28.4 Å². The zero-order valence-corrected chi connectivity index (χ0v) is 10.9. The van der Waals surface area contributed by atoms with Crippen LogP contribution in [0, 0.1) is 16.0 Å². The predicted octanol–water partition coefficient (Wildman–Crippen LogP) is -0.0409. The van der Waals surface area contributed by atoms with Crippen LogP contribution in [0.2, 0.25) is 0 Å². The van der Waals surface area contributed by atoms with E-state index in [9.17, 15) is 18.5 Å². The molecular formula is C10H14N4O4S. The van der Waals surface area contributed by atoms with Gasteiger partial charge in [0, 0.05) is 19.2 Å². The van der Waals surface area contributed by atoms with E-state index in [1.54, 1.807) is 0 Å². The maximum Gasteiger partial charge on any atom is 0.363 e. The van der Waals surface area contributed by atoms with Gasteiger partial charge in [-0.15, -0.1) is 0 Å². The van der Waals surface area contributed by atoms with E-state index < -0.39 is 14.9 Å². The smallest absolute Gasteiger partial charge is 0.358 e. The SMILES string of the molecule is NCC1CCN(S(=O)(=O)c2ccc([N+](=O)[O-])nc2)C1. The summed E-state index contributed by atoms with van der Waals surface area (Å²) in [5.74, 6) is -0.207. The van der Waals surface area contributed by atoms with Crippen LogP contribution in [0.1, 0.15) is 6.42 Å². The molecule has 1 aromatic rings. The van der Waals surface area contributed by atoms with Gasteiger partial charge in [-0.3, -0.25) is 0 Å². The van der Waals surface area contributed by atoms with Gasteiger partial charge < -0.3 is 15.8 Å². The van der Waals surface area contributed by atoms with Gasteiger partial charge in [-0.1, -0.05) is 0 Å². The minimum absolute atomic E-state index is 0.0317. The first-order valence-corrected chi connectivity index (χ1v) is 7.20. The van der Waals surface area contributed by atoms with Gasteiger partial charge in [-0.2, -0.15) is 4.31 Å². The highest BCUT2D eigenvalue weighted by atomic mass is 32.2. The monoisotopic (exact) mass is 286 g/mol. The van der Waals surface area contributed by atoms with Crippen molar-refractivity contribution in [1.82, 2.24) is 9.29 Å². The molecular weight excluding hydrogens is 272 g/mol. The zero-order valence-electron chi connectivity index (χ0n) is 10.1. The summed E-state index contributed by atoms with van der Waals surface area (Å²) in [5.41, 5.74) is 5.52. The molecule has 0 radical (unpaired) electrons. The highest BCUT2D eigenvalue weighted by Crippen LogP contribution is 2.24. The first kappa shape index (κ1) is 13.8. The summed E-state index contributed by atoms with van der Waals surface area (Å²) in [4.78, 5) is 13.3. The molecule has 0 amide bonds. The Morgan fingerprint density at radius 1 is 1.53 bits per heavy atom. The van der Waals surface area contributed by atoms with E-state index in [1.807, 2.05) is 0 Å². The first-order chi connectivity index (χ1) is 8.95. The summed E-state index contributed by atoms with van der Waals surface area (Å²) >= 11 is 0. The normalized spacial score (nSPS) is 20.6. The predicted molar refractivity (Wildman–Crippen MR) is 66.8 cm³/mol. The molecule has 0 spiro atoms. The number of rotatable bonds is 4. The van der Waals surface area contributed by atoms with Crippen molar-refractivity contribution < 1.29 is 13.3 Å². The number of nitrogens with zero attached hydrogens (tertiary/aromatic N) is 3. The lowest BCUT2D eigenvalue weighted by atomic mass is 10.1. The van der Waals surface area contributed by atoms with Crippen LogP contribution in [0.15, 0.2) is 23.2 Å². The minimum atomic E-state index is -3.63. The lowest BCUT2D eigenvalue weighted by Crippen LogP contribution is -2.30. The summed E-state index contributed by atoms with van der Waals surface area (Å²) in [6.07, 6.45) is 1.75. The second-order valence-electron chi connectivity index (χ2n) is 4.36. The van der Waals surface area contributed by atoms with Crippen LogP contribution in [0.5, 0.6) is 0 Å². The highest BCUT2D eigenvalue weighted by Gasteiger charge is 2.32. The summed E-state index contributed by atoms with van der Waals surface area (Å²) in [6.45, 7) is 1.25. The number of nitrogens with two attached hydrogens (primary N) is 1. The molecule has 0 bridgehead atoms. The lowest BCUT2D eigenvalue weighted by Gasteiger charge is -2.15. The van der Waals surface area contributed by atoms with E-state index in [1.165, 1.54) is 10.4 Å². The molecule has 1 aliphatic heterocycles. The standard InChI is InChI=1S/C10H14N4O4S/c11-5-8-3-4-13(7-8)19(17,18)9-1-2-10(12-6-9)14(15)16/h1-2,6,8H,3-5,7,11H2. The van der Waals surface area contributed by atoms with E-state index in [0.29, 0.717) is 19.6 Å². The molecule has 0 saturated carbocycles. The van der Waals surface area contributed by atoms with Gasteiger partial charge in [0.1, 0.15) is 4.90 Å². The van der Waals surface area contributed by atoms with Crippen LogP contribution in [-0.4, -0.2) is 42.3 Å². The van der Waals surface area contributed by atoms with Crippen molar-refractivity contribution in [2.75, 3.05) is 19.6 Å². The Balaban J connectivity index is 2.22. The third kappa shape index (κ3) is 2.72. The van der Waals surface area contributed by atoms with Gasteiger partial charge in [0.05, 0.1) is 0 Å². The average Bonchev–Trinajstić information content (AvgIpc) is 2.88. The number of aromatic nitrogens is 1. The third-order valence-electron chi connectivity index (χ3n) is 3.13. The molecule has 0 aromatic carbocycles. The summed E-state index contributed by atoms with van der Waals surface area (Å²) in [5, 5.41) is 10.5. The van der Waals surface area contributed by atoms with E-state index in [4.69, 9.17) is 5.73 Å². The van der Waals surface area contributed by atoms with Gasteiger partial charge in [-0.05, 0) is 34.9 Å². The molecule has 1 unspecified atom stereocenters. The topological polar surface area (TPSA) is 119 Å². The van der Waals surface area contributed by atoms with Crippen molar-refractivity contribution in [1.29, 1.82) is 0 Å². The third-order valence-corrected chi connectivity index (χ3v) is 4.98. The summed E-state index contributed by atoms with van der Waals surface area (Å²) < 4.78 is 25.8. The second kappa shape index (κ2) is 5.19. The van der Waals surface area contributed by atoms with Crippen LogP contribution >= 0.6 is 0 Å². The zero-order chi connectivity index (χ0) is 14.0. The Labute approximate surface area is 110 Å². The summed E-state index contributed by atoms with van der Waals surface area (Å²) in [6, 6.07) is 2.29. The van der Waals surface area contributed by atoms with E-state index in [0.717, 1.165) is 18.7 Å². The van der Waals surface area contributed by atoms with Gasteiger partial charge >= 0.3 is 5.82 Å². The largest absolute Gasteiger partial charge is 0.363 e. The molecule has 0 aliphatic carbocycles. The van der Waals surface area contributed by atoms with E-state index >= 15 is 0 Å². The van der Waals surface area contributed by atoms with E-state index in [-0.39, 0.29) is 16.6 Å². The average molecular weight is 286 g/mol. The highest BCUT2D eigenvalue weighted by molar-refractivity contribution is 7.89. The van der Waals surface area contributed by atoms with E-state index in [2.05, 4.69) is 4.98 Å². The molecule has 19 heavy (non-hydrogen) atoms. The number of hydrogen-bond acceptors (Lipinski definition) is 6. The molecule has 1 aliphatic rings. The fraction of sp³-hybridized carbons (Fsp3) is 0.500. The van der Waals surface area contributed by atoms with Crippen LogP contribution in [0.3, 0.4) is 0 Å². The maximum atomic E-state index is 12.3. The lowest BCUT2D eigenvalue weighted by molar-refractivity contribution is -0.389. The van der Waals surface area contributed by atoms with Gasteiger partial charge in [0.15, 0.2) is 6.20 Å². The van der Waals surface area contributed by atoms with Crippen molar-refractivity contribution in [3.63, 3.8) is 0 Å². The molecule has 2 N–H and O–H groups in total. The molecule has 104 valence electrons. The Hall–Kier alpha value is -1.58. The van der Waals surface area contributed by atoms with Crippen molar-refractivity contribution >= 4 is 15.8 Å². The van der Waals surface area contributed by atoms with Gasteiger partial charge in [0.25, 0.3) is 0 Å². The Morgan fingerprint density at radius 3 is 2.74 bits per heavy atom. The second-order valence-corrected chi connectivity index (χ2v) is 6.30. The van der Waals surface area contributed by atoms with Crippen LogP contribution in [-0.2, 0) is 10.0 Å². The van der Waals surface area contributed by atoms with Gasteiger partial charge in [-0.25, -0.2) is 8.42 Å². The molecule has 2 rings (SSSR count). The fourth-order valence-electron chi connectivity index (χ4n) is 1.99. The maximum absolute atomic E-state index is 12.3. The molecule has 1 aromatic heterocycles. The molecule has 1 atom stereocenters. The van der Waals surface area contributed by atoms with Crippen molar-refractivity contribution in [2.24, 2.45) is 11.7 Å². The molecule has 2 heterocycles. The quantitative estimate of drug-likeness (QED) is 0.612. The van der Waals surface area contributed by atoms with Gasteiger partial charge in [0.2, 0.25) is 10.0 Å². The Bertz CT molecular complexity index is 572. The first-order valence-electron chi connectivity index (χ1n) is 5.76. The van der Waals surface area contributed by atoms with Crippen molar-refractivity contribution in [2.45, 2.75) is 11.3 Å². The fourth-order valence-corrected chi connectivity index (χ4v) is 3.47. The van der Waals surface area contributed by atoms with Crippen LogP contribution in [0.25, 0.3) is 0 Å². The number of pyridine rings is 1. The number of sulfonamides is 1. The summed E-state index contributed by atoms with van der Waals surface area (Å²) in [7, 11) is -3.63. The number of nitro groups is 1. The Kier molecular flexibility index (Phi) is 3.78. The molecule has 9 heteroatoms. The minimum Gasteiger partial charge on any atom is -0.358 e. The molecule has 8 nitrogen and oxygen atoms in total. The molecule has 1 fully saturated rings. The number of hydrogen-bond donors (Lipinski definition) is 1. The Morgan fingerprint density at radius 2 is 2.26 bits per heavy atom. The van der Waals surface area contributed by atoms with Crippen LogP contribution < -0.4 is 5.73 Å². The molecule has 1 saturated heterocycles. The van der Waals surface area contributed by atoms with Crippen LogP contribution in [0.4, 0.5) is 5.82 Å². The van der Waals surface area contributed by atoms with Crippen molar-refractivity contribution in [3.8, 4) is 0 Å².